The molecular weight excluding hydrogens is 350 g/mol. The Balaban J connectivity index is 1.33. The monoisotopic (exact) mass is 373 g/mol. The topological polar surface area (TPSA) is 70.5 Å². The second-order valence-electron chi connectivity index (χ2n) is 6.83. The first-order chi connectivity index (χ1) is 12.6. The summed E-state index contributed by atoms with van der Waals surface area (Å²) in [4.78, 5) is 33.2. The van der Waals surface area contributed by atoms with Crippen molar-refractivity contribution in [1.29, 1.82) is 0 Å². The summed E-state index contributed by atoms with van der Waals surface area (Å²) < 4.78 is 1.97. The number of thioether (sulfide) groups is 1. The summed E-state index contributed by atoms with van der Waals surface area (Å²) in [6.07, 6.45) is 2.16. The minimum atomic E-state index is -0.0626. The minimum Gasteiger partial charge on any atom is -0.339 e. The number of aromatic nitrogens is 2. The van der Waals surface area contributed by atoms with Gasteiger partial charge in [-0.25, -0.2) is 4.98 Å². The van der Waals surface area contributed by atoms with Crippen molar-refractivity contribution in [2.75, 3.05) is 37.8 Å². The molecule has 1 atom stereocenters. The lowest BCUT2D eigenvalue weighted by molar-refractivity contribution is -0.140. The predicted molar refractivity (Wildman–Crippen MR) is 102 cm³/mol. The van der Waals surface area contributed by atoms with E-state index in [1.54, 1.807) is 18.1 Å². The lowest BCUT2D eigenvalue weighted by atomic mass is 10.1. The average Bonchev–Trinajstić information content (AvgIpc) is 3.32. The zero-order chi connectivity index (χ0) is 18.1. The summed E-state index contributed by atoms with van der Waals surface area (Å²) in [5.41, 5.74) is 2.95. The van der Waals surface area contributed by atoms with Gasteiger partial charge in [0.15, 0.2) is 0 Å². The summed E-state index contributed by atoms with van der Waals surface area (Å²) in [5, 5.41) is 3.22. The third kappa shape index (κ3) is 3.43. The van der Waals surface area contributed by atoms with E-state index in [0.29, 0.717) is 32.6 Å². The molecule has 0 radical (unpaired) electrons. The fraction of sp³-hybridized carbons (Fsp3) is 0.500. The van der Waals surface area contributed by atoms with E-state index >= 15 is 0 Å². The fourth-order valence-electron chi connectivity index (χ4n) is 3.53. The summed E-state index contributed by atoms with van der Waals surface area (Å²) in [6.45, 7) is 2.45. The Hall–Kier alpha value is -2.06. The van der Waals surface area contributed by atoms with Gasteiger partial charge in [-0.15, -0.1) is 11.8 Å². The second-order valence-corrected chi connectivity index (χ2v) is 7.86. The van der Waals surface area contributed by atoms with Crippen molar-refractivity contribution in [3.05, 3.63) is 30.1 Å². The van der Waals surface area contributed by atoms with Gasteiger partial charge in [0.25, 0.3) is 0 Å². The quantitative estimate of drug-likeness (QED) is 0.846. The number of fused-ring (bicyclic) bond motifs is 1. The van der Waals surface area contributed by atoms with Crippen molar-refractivity contribution in [2.45, 2.75) is 12.5 Å². The molecule has 1 N–H and O–H groups in total. The van der Waals surface area contributed by atoms with Gasteiger partial charge in [0.05, 0.1) is 29.8 Å². The third-order valence-electron chi connectivity index (χ3n) is 5.10. The summed E-state index contributed by atoms with van der Waals surface area (Å²) in [6, 6.07) is 5.92. The molecular formula is C18H23N5O2S. The number of nitrogens with one attached hydrogen (secondary N) is 1. The third-order valence-corrected chi connectivity index (χ3v) is 6.04. The van der Waals surface area contributed by atoms with Gasteiger partial charge in [-0.2, -0.15) is 0 Å². The van der Waals surface area contributed by atoms with Crippen LogP contribution in [0.1, 0.15) is 5.56 Å². The van der Waals surface area contributed by atoms with Crippen molar-refractivity contribution < 1.29 is 9.59 Å². The van der Waals surface area contributed by atoms with E-state index in [0.717, 1.165) is 28.2 Å². The van der Waals surface area contributed by atoms with Crippen LogP contribution in [-0.4, -0.2) is 75.0 Å². The average molecular weight is 373 g/mol. The van der Waals surface area contributed by atoms with Gasteiger partial charge in [0.2, 0.25) is 11.8 Å². The molecule has 0 bridgehead atoms. The minimum absolute atomic E-state index is 0.0626. The highest BCUT2D eigenvalue weighted by atomic mass is 32.2. The molecule has 3 heterocycles. The van der Waals surface area contributed by atoms with Gasteiger partial charge < -0.3 is 14.4 Å². The van der Waals surface area contributed by atoms with E-state index in [1.807, 2.05) is 39.6 Å². The molecule has 1 aromatic heterocycles. The normalized spacial score (nSPS) is 20.7. The molecule has 0 saturated carbocycles. The van der Waals surface area contributed by atoms with Crippen LogP contribution in [0, 0.1) is 0 Å². The number of amides is 2. The summed E-state index contributed by atoms with van der Waals surface area (Å²) >= 11 is 1.75. The van der Waals surface area contributed by atoms with E-state index < -0.39 is 0 Å². The van der Waals surface area contributed by atoms with Crippen LogP contribution in [0.3, 0.4) is 0 Å². The Labute approximate surface area is 156 Å². The number of carbonyl (C=O) groups excluding carboxylic acids is 2. The highest BCUT2D eigenvalue weighted by molar-refractivity contribution is 7.99. The maximum atomic E-state index is 12.6. The number of hydrogen-bond acceptors (Lipinski definition) is 5. The molecule has 0 spiro atoms. The number of nitrogens with zero attached hydrogens (tertiary/aromatic N) is 4. The Bertz CT molecular complexity index is 822. The molecule has 2 fully saturated rings. The number of rotatable bonds is 3. The van der Waals surface area contributed by atoms with Crippen LogP contribution >= 0.6 is 11.8 Å². The van der Waals surface area contributed by atoms with Crippen molar-refractivity contribution in [2.24, 2.45) is 7.05 Å². The number of carbonyl (C=O) groups is 2. The summed E-state index contributed by atoms with van der Waals surface area (Å²) in [7, 11) is 1.96. The number of piperazine rings is 1. The lowest BCUT2D eigenvalue weighted by Gasteiger charge is -2.36. The lowest BCUT2D eigenvalue weighted by Crippen LogP contribution is -2.54. The SMILES string of the molecule is Cn1cnc2cc(CC(=O)N3CCN(C(=O)C4CSCN4)CC3)ccc21. The molecule has 2 amide bonds. The molecule has 8 heteroatoms. The first kappa shape index (κ1) is 17.4. The Morgan fingerprint density at radius 2 is 2.00 bits per heavy atom. The maximum Gasteiger partial charge on any atom is 0.240 e. The van der Waals surface area contributed by atoms with Crippen LogP contribution in [-0.2, 0) is 23.1 Å². The standard InChI is InChI=1S/C18H23N5O2S/c1-21-11-19-14-8-13(2-3-16(14)21)9-17(24)22-4-6-23(7-5-22)18(25)15-10-26-12-20-15/h2-3,8,11,15,20H,4-7,9-10,12H2,1H3. The molecule has 1 aromatic carbocycles. The van der Waals surface area contributed by atoms with E-state index in [4.69, 9.17) is 0 Å². The largest absolute Gasteiger partial charge is 0.339 e. The van der Waals surface area contributed by atoms with Crippen molar-refractivity contribution in [1.82, 2.24) is 24.7 Å². The zero-order valence-corrected chi connectivity index (χ0v) is 15.7. The van der Waals surface area contributed by atoms with E-state index in [9.17, 15) is 9.59 Å². The molecule has 138 valence electrons. The molecule has 7 nitrogen and oxygen atoms in total. The van der Waals surface area contributed by atoms with Gasteiger partial charge in [-0.3, -0.25) is 14.9 Å². The zero-order valence-electron chi connectivity index (χ0n) is 14.9. The van der Waals surface area contributed by atoms with Crippen LogP contribution in [0.5, 0.6) is 0 Å². The Kier molecular flexibility index (Phi) is 4.86. The van der Waals surface area contributed by atoms with Gasteiger partial charge >= 0.3 is 0 Å². The number of aryl methyl sites for hydroxylation is 1. The van der Waals surface area contributed by atoms with Gasteiger partial charge in [-0.1, -0.05) is 6.07 Å². The van der Waals surface area contributed by atoms with Crippen LogP contribution in [0.25, 0.3) is 11.0 Å². The van der Waals surface area contributed by atoms with Gasteiger partial charge in [-0.05, 0) is 17.7 Å². The highest BCUT2D eigenvalue weighted by Gasteiger charge is 2.30. The van der Waals surface area contributed by atoms with Crippen molar-refractivity contribution in [3.8, 4) is 0 Å². The molecule has 26 heavy (non-hydrogen) atoms. The van der Waals surface area contributed by atoms with Crippen LogP contribution in [0.4, 0.5) is 0 Å². The smallest absolute Gasteiger partial charge is 0.240 e. The van der Waals surface area contributed by atoms with Crippen LogP contribution in [0.2, 0.25) is 0 Å². The number of hydrogen-bond donors (Lipinski definition) is 1. The maximum absolute atomic E-state index is 12.6. The molecule has 1 unspecified atom stereocenters. The Morgan fingerprint density at radius 3 is 2.73 bits per heavy atom. The van der Waals surface area contributed by atoms with E-state index in [1.165, 1.54) is 0 Å². The number of benzene rings is 1. The molecule has 2 saturated heterocycles. The Morgan fingerprint density at radius 1 is 1.23 bits per heavy atom. The molecule has 4 rings (SSSR count). The molecule has 2 aliphatic rings. The fourth-order valence-corrected chi connectivity index (χ4v) is 4.46. The predicted octanol–water partition coefficient (Wildman–Crippen LogP) is 0.449. The van der Waals surface area contributed by atoms with Gasteiger partial charge in [0.1, 0.15) is 0 Å². The highest BCUT2D eigenvalue weighted by Crippen LogP contribution is 2.16. The first-order valence-corrected chi connectivity index (χ1v) is 10.0. The van der Waals surface area contributed by atoms with Crippen LogP contribution < -0.4 is 5.32 Å². The number of imidazole rings is 1. The molecule has 0 aliphatic carbocycles. The van der Waals surface area contributed by atoms with Crippen LogP contribution in [0.15, 0.2) is 24.5 Å². The summed E-state index contributed by atoms with van der Waals surface area (Å²) in [5.74, 6) is 1.97. The van der Waals surface area contributed by atoms with Gasteiger partial charge in [0, 0.05) is 44.9 Å². The molecule has 2 aromatic rings. The van der Waals surface area contributed by atoms with E-state index in [2.05, 4.69) is 10.3 Å². The van der Waals surface area contributed by atoms with Crippen molar-refractivity contribution in [3.63, 3.8) is 0 Å². The van der Waals surface area contributed by atoms with Crippen molar-refractivity contribution >= 4 is 34.6 Å². The van der Waals surface area contributed by atoms with E-state index in [-0.39, 0.29) is 17.9 Å². The molecule has 2 aliphatic heterocycles. The second kappa shape index (κ2) is 7.28. The first-order valence-electron chi connectivity index (χ1n) is 8.89.